The lowest BCUT2D eigenvalue weighted by molar-refractivity contribution is 0.0465. The standard InChI is InChI=1S/C19H22N4O4/c1-4-22-15(20)13(19(25)27-10-6-9-26-3)11-14-17(22)21-16-12(2)7-5-8-23(16)18(14)24/h5,7-8,11,20H,4,6,9-10H2,1-3H3. The normalized spacial score (nSPS) is 11.2. The molecule has 27 heavy (non-hydrogen) atoms. The monoisotopic (exact) mass is 370 g/mol. The second-order valence-corrected chi connectivity index (χ2v) is 6.17. The Bertz CT molecular complexity index is 1130. The van der Waals surface area contributed by atoms with Crippen LogP contribution in [0.3, 0.4) is 0 Å². The van der Waals surface area contributed by atoms with E-state index in [-0.39, 0.29) is 28.6 Å². The van der Waals surface area contributed by atoms with E-state index in [9.17, 15) is 9.59 Å². The van der Waals surface area contributed by atoms with Gasteiger partial charge in [-0.25, -0.2) is 9.78 Å². The van der Waals surface area contributed by atoms with E-state index >= 15 is 0 Å². The van der Waals surface area contributed by atoms with Crippen LogP contribution in [0.15, 0.2) is 29.2 Å². The second-order valence-electron chi connectivity index (χ2n) is 6.17. The van der Waals surface area contributed by atoms with Gasteiger partial charge in [0.1, 0.15) is 22.3 Å². The smallest absolute Gasteiger partial charge is 0.341 e. The summed E-state index contributed by atoms with van der Waals surface area (Å²) >= 11 is 0. The van der Waals surface area contributed by atoms with E-state index in [0.29, 0.717) is 30.9 Å². The predicted octanol–water partition coefficient (Wildman–Crippen LogP) is 1.65. The van der Waals surface area contributed by atoms with Crippen LogP contribution in [0.4, 0.5) is 0 Å². The molecule has 142 valence electrons. The van der Waals surface area contributed by atoms with Crippen molar-refractivity contribution in [2.75, 3.05) is 20.3 Å². The van der Waals surface area contributed by atoms with Crippen LogP contribution in [0, 0.1) is 12.3 Å². The van der Waals surface area contributed by atoms with E-state index in [1.165, 1.54) is 10.5 Å². The lowest BCUT2D eigenvalue weighted by Gasteiger charge is -2.13. The van der Waals surface area contributed by atoms with Crippen molar-refractivity contribution in [1.29, 1.82) is 5.41 Å². The third-order valence-corrected chi connectivity index (χ3v) is 4.40. The molecule has 0 atom stereocenters. The maximum Gasteiger partial charge on any atom is 0.341 e. The van der Waals surface area contributed by atoms with Gasteiger partial charge >= 0.3 is 5.97 Å². The van der Waals surface area contributed by atoms with Crippen LogP contribution in [0.2, 0.25) is 0 Å². The third kappa shape index (κ3) is 3.35. The molecular formula is C19H22N4O4. The average molecular weight is 370 g/mol. The summed E-state index contributed by atoms with van der Waals surface area (Å²) in [6.07, 6.45) is 2.20. The molecule has 8 nitrogen and oxygen atoms in total. The Morgan fingerprint density at radius 3 is 2.78 bits per heavy atom. The molecule has 0 aromatic carbocycles. The first-order valence-electron chi connectivity index (χ1n) is 8.75. The van der Waals surface area contributed by atoms with Gasteiger partial charge in [-0.15, -0.1) is 0 Å². The number of aryl methyl sites for hydroxylation is 2. The number of pyridine rings is 2. The van der Waals surface area contributed by atoms with Gasteiger partial charge in [-0.05, 0) is 31.5 Å². The lowest BCUT2D eigenvalue weighted by atomic mass is 10.2. The number of hydrogen-bond acceptors (Lipinski definition) is 6. The number of nitrogens with zero attached hydrogens (tertiary/aromatic N) is 3. The largest absolute Gasteiger partial charge is 0.462 e. The van der Waals surface area contributed by atoms with Crippen molar-refractivity contribution < 1.29 is 14.3 Å². The molecule has 0 fully saturated rings. The summed E-state index contributed by atoms with van der Waals surface area (Å²) in [5, 5.41) is 8.67. The number of aromatic nitrogens is 3. The van der Waals surface area contributed by atoms with Crippen molar-refractivity contribution >= 4 is 22.6 Å². The Balaban J connectivity index is 2.20. The summed E-state index contributed by atoms with van der Waals surface area (Å²) in [4.78, 5) is 30.0. The first-order valence-corrected chi connectivity index (χ1v) is 8.75. The minimum atomic E-state index is -0.631. The molecule has 0 saturated heterocycles. The van der Waals surface area contributed by atoms with Crippen LogP contribution in [-0.4, -0.2) is 40.2 Å². The predicted molar refractivity (Wildman–Crippen MR) is 100.0 cm³/mol. The van der Waals surface area contributed by atoms with Crippen molar-refractivity contribution in [3.05, 3.63) is 51.4 Å². The van der Waals surface area contributed by atoms with E-state index in [4.69, 9.17) is 14.9 Å². The molecule has 0 aliphatic rings. The van der Waals surface area contributed by atoms with Gasteiger partial charge in [0.05, 0.1) is 12.0 Å². The zero-order valence-electron chi connectivity index (χ0n) is 15.6. The Labute approximate surface area is 155 Å². The summed E-state index contributed by atoms with van der Waals surface area (Å²) in [6.45, 7) is 4.77. The molecule has 0 saturated carbocycles. The van der Waals surface area contributed by atoms with Gasteiger partial charge in [0.15, 0.2) is 0 Å². The highest BCUT2D eigenvalue weighted by molar-refractivity contribution is 5.93. The summed E-state index contributed by atoms with van der Waals surface area (Å²) in [7, 11) is 1.57. The number of methoxy groups -OCH3 is 1. The maximum absolute atomic E-state index is 13.0. The Morgan fingerprint density at radius 2 is 2.07 bits per heavy atom. The molecule has 0 amide bonds. The molecule has 3 rings (SSSR count). The van der Waals surface area contributed by atoms with Crippen LogP contribution in [0.1, 0.15) is 29.3 Å². The molecule has 0 unspecified atom stereocenters. The molecule has 0 spiro atoms. The summed E-state index contributed by atoms with van der Waals surface area (Å²) < 4.78 is 13.2. The molecule has 0 radical (unpaired) electrons. The van der Waals surface area contributed by atoms with Crippen LogP contribution in [0.5, 0.6) is 0 Å². The van der Waals surface area contributed by atoms with E-state index in [1.54, 1.807) is 23.9 Å². The highest BCUT2D eigenvalue weighted by atomic mass is 16.5. The second kappa shape index (κ2) is 7.71. The summed E-state index contributed by atoms with van der Waals surface area (Å²) in [5.41, 5.74) is 1.52. The first kappa shape index (κ1) is 18.8. The fourth-order valence-corrected chi connectivity index (χ4v) is 3.01. The number of ether oxygens (including phenoxy) is 2. The zero-order valence-corrected chi connectivity index (χ0v) is 15.6. The molecular weight excluding hydrogens is 348 g/mol. The van der Waals surface area contributed by atoms with Crippen LogP contribution >= 0.6 is 0 Å². The number of esters is 1. The van der Waals surface area contributed by atoms with Gasteiger partial charge in [-0.1, -0.05) is 6.07 Å². The molecule has 0 bridgehead atoms. The van der Waals surface area contributed by atoms with Crippen LogP contribution in [0.25, 0.3) is 16.7 Å². The molecule has 0 aliphatic carbocycles. The number of rotatable bonds is 6. The fourth-order valence-electron chi connectivity index (χ4n) is 3.01. The van der Waals surface area contributed by atoms with Crippen molar-refractivity contribution in [2.45, 2.75) is 26.8 Å². The molecule has 3 aromatic heterocycles. The van der Waals surface area contributed by atoms with E-state index in [0.717, 1.165) is 5.56 Å². The molecule has 1 N–H and O–H groups in total. The minimum absolute atomic E-state index is 0.0217. The molecule has 3 aromatic rings. The highest BCUT2D eigenvalue weighted by Crippen LogP contribution is 2.13. The molecule has 3 heterocycles. The number of nitrogens with one attached hydrogen (secondary N) is 1. The van der Waals surface area contributed by atoms with E-state index < -0.39 is 5.97 Å². The third-order valence-electron chi connectivity index (χ3n) is 4.40. The Hall–Kier alpha value is -3.00. The highest BCUT2D eigenvalue weighted by Gasteiger charge is 2.18. The summed E-state index contributed by atoms with van der Waals surface area (Å²) in [6, 6.07) is 5.05. The Morgan fingerprint density at radius 1 is 1.30 bits per heavy atom. The molecule has 8 heteroatoms. The number of carbonyl (C=O) groups is 1. The average Bonchev–Trinajstić information content (AvgIpc) is 2.66. The first-order chi connectivity index (χ1) is 13.0. The zero-order chi connectivity index (χ0) is 19.6. The van der Waals surface area contributed by atoms with Crippen molar-refractivity contribution in [2.24, 2.45) is 0 Å². The number of carbonyl (C=O) groups excluding carboxylic acids is 1. The SMILES string of the molecule is CCn1c(=N)c(C(=O)OCCCOC)cc2c(=O)n3cccc(C)c3nc21. The summed E-state index contributed by atoms with van der Waals surface area (Å²) in [5.74, 6) is -0.631. The van der Waals surface area contributed by atoms with Gasteiger partial charge in [0, 0.05) is 32.9 Å². The van der Waals surface area contributed by atoms with Gasteiger partial charge in [-0.2, -0.15) is 0 Å². The Kier molecular flexibility index (Phi) is 5.36. The number of hydrogen-bond donors (Lipinski definition) is 1. The van der Waals surface area contributed by atoms with Gasteiger partial charge in [-0.3, -0.25) is 14.6 Å². The van der Waals surface area contributed by atoms with Gasteiger partial charge in [0.25, 0.3) is 5.56 Å². The van der Waals surface area contributed by atoms with E-state index in [1.807, 2.05) is 19.9 Å². The quantitative estimate of drug-likeness (QED) is 0.404. The maximum atomic E-state index is 13.0. The van der Waals surface area contributed by atoms with E-state index in [2.05, 4.69) is 4.98 Å². The van der Waals surface area contributed by atoms with Crippen LogP contribution in [-0.2, 0) is 16.0 Å². The van der Waals surface area contributed by atoms with Crippen molar-refractivity contribution in [1.82, 2.24) is 14.0 Å². The van der Waals surface area contributed by atoms with Gasteiger partial charge in [0.2, 0.25) is 0 Å². The number of fused-ring (bicyclic) bond motifs is 2. The topological polar surface area (TPSA) is 98.7 Å². The van der Waals surface area contributed by atoms with Gasteiger partial charge < -0.3 is 14.0 Å². The van der Waals surface area contributed by atoms with Crippen LogP contribution < -0.4 is 11.0 Å². The fraction of sp³-hybridized carbons (Fsp3) is 0.368. The molecule has 0 aliphatic heterocycles. The minimum Gasteiger partial charge on any atom is -0.462 e. The van der Waals surface area contributed by atoms with Crippen molar-refractivity contribution in [3.63, 3.8) is 0 Å². The lowest BCUT2D eigenvalue weighted by Crippen LogP contribution is -2.30. The van der Waals surface area contributed by atoms with Crippen molar-refractivity contribution in [3.8, 4) is 0 Å².